The summed E-state index contributed by atoms with van der Waals surface area (Å²) in [5, 5.41) is 4.22. The second-order valence-electron chi connectivity index (χ2n) is 3.85. The lowest BCUT2D eigenvalue weighted by molar-refractivity contribution is -0.0397. The fourth-order valence-electron chi connectivity index (χ4n) is 1.79. The minimum Gasteiger partial charge on any atom is -0.461 e. The van der Waals surface area contributed by atoms with Gasteiger partial charge in [0.2, 0.25) is 0 Å². The van der Waals surface area contributed by atoms with Crippen LogP contribution >= 0.6 is 15.9 Å². The van der Waals surface area contributed by atoms with E-state index in [1.165, 1.54) is 0 Å². The zero-order chi connectivity index (χ0) is 12.3. The Hall–Kier alpha value is -0.880. The first-order chi connectivity index (χ1) is 8.22. The molecule has 5 nitrogen and oxygen atoms in total. The SMILES string of the molecule is CCOC(=O)c1nn(C2CCCCO2)cc1Br. The predicted octanol–water partition coefficient (Wildman–Crippen LogP) is 2.52. The molecule has 17 heavy (non-hydrogen) atoms. The number of rotatable bonds is 3. The maximum absolute atomic E-state index is 11.6. The van der Waals surface area contributed by atoms with Crippen LogP contribution in [0.4, 0.5) is 0 Å². The van der Waals surface area contributed by atoms with Crippen LogP contribution in [0.25, 0.3) is 0 Å². The summed E-state index contributed by atoms with van der Waals surface area (Å²) < 4.78 is 12.9. The molecule has 2 heterocycles. The molecule has 1 saturated heterocycles. The van der Waals surface area contributed by atoms with Crippen molar-refractivity contribution >= 4 is 21.9 Å². The molecule has 6 heteroatoms. The fourth-order valence-corrected chi connectivity index (χ4v) is 2.24. The van der Waals surface area contributed by atoms with Gasteiger partial charge < -0.3 is 9.47 Å². The first-order valence-corrected chi connectivity index (χ1v) is 6.55. The molecule has 0 amide bonds. The van der Waals surface area contributed by atoms with Crippen LogP contribution in [0.3, 0.4) is 0 Å². The van der Waals surface area contributed by atoms with E-state index in [1.807, 2.05) is 0 Å². The number of hydrogen-bond donors (Lipinski definition) is 0. The number of esters is 1. The molecule has 1 atom stereocenters. The lowest BCUT2D eigenvalue weighted by Gasteiger charge is -2.22. The molecule has 1 aromatic rings. The summed E-state index contributed by atoms with van der Waals surface area (Å²) >= 11 is 3.31. The zero-order valence-corrected chi connectivity index (χ0v) is 11.3. The third kappa shape index (κ3) is 2.87. The largest absolute Gasteiger partial charge is 0.461 e. The van der Waals surface area contributed by atoms with Crippen molar-refractivity contribution in [3.05, 3.63) is 16.4 Å². The smallest absolute Gasteiger partial charge is 0.360 e. The summed E-state index contributed by atoms with van der Waals surface area (Å²) in [5.41, 5.74) is 0.307. The van der Waals surface area contributed by atoms with Crippen LogP contribution in [-0.4, -0.2) is 29.0 Å². The van der Waals surface area contributed by atoms with Crippen molar-refractivity contribution in [2.24, 2.45) is 0 Å². The third-order valence-corrected chi connectivity index (χ3v) is 3.19. The van der Waals surface area contributed by atoms with Crippen molar-refractivity contribution < 1.29 is 14.3 Å². The molecule has 1 unspecified atom stereocenters. The minimum absolute atomic E-state index is 0.0665. The van der Waals surface area contributed by atoms with Gasteiger partial charge in [-0.2, -0.15) is 5.10 Å². The lowest BCUT2D eigenvalue weighted by Crippen LogP contribution is -2.19. The van der Waals surface area contributed by atoms with Crippen LogP contribution in [-0.2, 0) is 9.47 Å². The standard InChI is InChI=1S/C11H15BrN2O3/c1-2-16-11(15)10-8(12)7-14(13-10)9-5-3-4-6-17-9/h7,9H,2-6H2,1H3. The van der Waals surface area contributed by atoms with Crippen LogP contribution in [0.1, 0.15) is 42.9 Å². The van der Waals surface area contributed by atoms with Gasteiger partial charge in [-0.1, -0.05) is 0 Å². The van der Waals surface area contributed by atoms with Crippen LogP contribution in [0.2, 0.25) is 0 Å². The van der Waals surface area contributed by atoms with E-state index in [0.717, 1.165) is 25.9 Å². The van der Waals surface area contributed by atoms with E-state index in [4.69, 9.17) is 9.47 Å². The maximum atomic E-state index is 11.6. The Morgan fingerprint density at radius 1 is 1.71 bits per heavy atom. The fraction of sp³-hybridized carbons (Fsp3) is 0.636. The van der Waals surface area contributed by atoms with Gasteiger partial charge in [0, 0.05) is 12.8 Å². The van der Waals surface area contributed by atoms with E-state index in [2.05, 4.69) is 21.0 Å². The normalized spacial score (nSPS) is 20.2. The lowest BCUT2D eigenvalue weighted by atomic mass is 10.2. The van der Waals surface area contributed by atoms with Gasteiger partial charge in [0.1, 0.15) is 6.23 Å². The first-order valence-electron chi connectivity index (χ1n) is 5.75. The molecule has 0 saturated carbocycles. The average Bonchev–Trinajstić information content (AvgIpc) is 2.73. The number of carbonyl (C=O) groups excluding carboxylic acids is 1. The van der Waals surface area contributed by atoms with Crippen LogP contribution in [0.5, 0.6) is 0 Å². The highest BCUT2D eigenvalue weighted by molar-refractivity contribution is 9.10. The highest BCUT2D eigenvalue weighted by atomic mass is 79.9. The Morgan fingerprint density at radius 2 is 2.53 bits per heavy atom. The van der Waals surface area contributed by atoms with Crippen molar-refractivity contribution in [2.45, 2.75) is 32.4 Å². The van der Waals surface area contributed by atoms with Crippen molar-refractivity contribution in [1.29, 1.82) is 0 Å². The van der Waals surface area contributed by atoms with Gasteiger partial charge in [0.15, 0.2) is 5.69 Å². The number of aromatic nitrogens is 2. The topological polar surface area (TPSA) is 53.3 Å². The van der Waals surface area contributed by atoms with Crippen LogP contribution in [0, 0.1) is 0 Å². The summed E-state index contributed by atoms with van der Waals surface area (Å²) in [5.74, 6) is -0.408. The Bertz CT molecular complexity index is 399. The predicted molar refractivity (Wildman–Crippen MR) is 64.7 cm³/mol. The van der Waals surface area contributed by atoms with Gasteiger partial charge in [-0.05, 0) is 42.1 Å². The van der Waals surface area contributed by atoms with E-state index in [-0.39, 0.29) is 6.23 Å². The first kappa shape index (κ1) is 12.6. The van der Waals surface area contributed by atoms with Gasteiger partial charge in [0.25, 0.3) is 0 Å². The summed E-state index contributed by atoms with van der Waals surface area (Å²) in [6.45, 7) is 2.86. The van der Waals surface area contributed by atoms with Crippen molar-refractivity contribution in [2.75, 3.05) is 13.2 Å². The molecular formula is C11H15BrN2O3. The van der Waals surface area contributed by atoms with Gasteiger partial charge in [-0.15, -0.1) is 0 Å². The van der Waals surface area contributed by atoms with Gasteiger partial charge >= 0.3 is 5.97 Å². The third-order valence-electron chi connectivity index (χ3n) is 2.61. The number of ether oxygens (including phenoxy) is 2. The molecule has 0 radical (unpaired) electrons. The minimum atomic E-state index is -0.408. The highest BCUT2D eigenvalue weighted by Crippen LogP contribution is 2.25. The van der Waals surface area contributed by atoms with E-state index < -0.39 is 5.97 Å². The summed E-state index contributed by atoms with van der Waals surface area (Å²) in [6.07, 6.45) is 4.84. The zero-order valence-electron chi connectivity index (χ0n) is 9.69. The number of carbonyl (C=O) groups is 1. The van der Waals surface area contributed by atoms with E-state index in [0.29, 0.717) is 16.8 Å². The Balaban J connectivity index is 2.14. The van der Waals surface area contributed by atoms with Crippen LogP contribution in [0.15, 0.2) is 10.7 Å². The molecule has 0 aromatic carbocycles. The van der Waals surface area contributed by atoms with Crippen LogP contribution < -0.4 is 0 Å². The second kappa shape index (κ2) is 5.64. The molecule has 1 aromatic heterocycles. The molecule has 2 rings (SSSR count). The maximum Gasteiger partial charge on any atom is 0.360 e. The number of halogens is 1. The van der Waals surface area contributed by atoms with Gasteiger partial charge in [0.05, 0.1) is 11.1 Å². The molecule has 1 aliphatic heterocycles. The summed E-state index contributed by atoms with van der Waals surface area (Å²) in [7, 11) is 0. The molecule has 94 valence electrons. The molecule has 1 fully saturated rings. The average molecular weight is 303 g/mol. The second-order valence-corrected chi connectivity index (χ2v) is 4.70. The van der Waals surface area contributed by atoms with E-state index in [9.17, 15) is 4.79 Å². The monoisotopic (exact) mass is 302 g/mol. The number of nitrogens with zero attached hydrogens (tertiary/aromatic N) is 2. The summed E-state index contributed by atoms with van der Waals surface area (Å²) in [6, 6.07) is 0. The molecule has 0 N–H and O–H groups in total. The Kier molecular flexibility index (Phi) is 4.17. The molecule has 0 bridgehead atoms. The molecule has 0 spiro atoms. The number of hydrogen-bond acceptors (Lipinski definition) is 4. The van der Waals surface area contributed by atoms with Crippen molar-refractivity contribution in [3.63, 3.8) is 0 Å². The highest BCUT2D eigenvalue weighted by Gasteiger charge is 2.21. The van der Waals surface area contributed by atoms with Crippen molar-refractivity contribution in [1.82, 2.24) is 9.78 Å². The quantitative estimate of drug-likeness (QED) is 0.805. The van der Waals surface area contributed by atoms with E-state index >= 15 is 0 Å². The van der Waals surface area contributed by atoms with Gasteiger partial charge in [-0.3, -0.25) is 0 Å². The Labute approximate surface area is 108 Å². The van der Waals surface area contributed by atoms with Gasteiger partial charge in [-0.25, -0.2) is 9.48 Å². The van der Waals surface area contributed by atoms with Crippen molar-refractivity contribution in [3.8, 4) is 0 Å². The summed E-state index contributed by atoms with van der Waals surface area (Å²) in [4.78, 5) is 11.6. The van der Waals surface area contributed by atoms with E-state index in [1.54, 1.807) is 17.8 Å². The molecule has 1 aliphatic rings. The Morgan fingerprint density at radius 3 is 3.18 bits per heavy atom. The molecule has 0 aliphatic carbocycles. The molecular weight excluding hydrogens is 288 g/mol.